The average molecular weight is 236 g/mol. The minimum Gasteiger partial charge on any atom is -0.403 e. The van der Waals surface area contributed by atoms with Gasteiger partial charge in [0.15, 0.2) is 0 Å². The van der Waals surface area contributed by atoms with Gasteiger partial charge >= 0.3 is 13.3 Å². The molecule has 0 bridgehead atoms. The van der Waals surface area contributed by atoms with Crippen LogP contribution in [-0.2, 0) is 9.31 Å². The molecular weight excluding hydrogens is 220 g/mol. The second-order valence-corrected chi connectivity index (χ2v) is 4.87. The third-order valence-electron chi connectivity index (χ3n) is 2.94. The molecule has 2 nitrogen and oxygen atoms in total. The Hall–Kier alpha value is -0.485. The minimum atomic E-state index is -4.27. The molecule has 0 atom stereocenters. The van der Waals surface area contributed by atoms with Crippen molar-refractivity contribution in [3.05, 3.63) is 12.2 Å². The van der Waals surface area contributed by atoms with Crippen LogP contribution in [0.3, 0.4) is 0 Å². The molecule has 1 fully saturated rings. The SMILES string of the molecule is CC1(C)OB(C/C=C\C(F)(F)F)OC1(C)C. The maximum absolute atomic E-state index is 11.9. The van der Waals surface area contributed by atoms with Gasteiger partial charge in [0, 0.05) is 12.4 Å². The summed E-state index contributed by atoms with van der Waals surface area (Å²) in [4.78, 5) is 0. The minimum absolute atomic E-state index is 0.104. The lowest BCUT2D eigenvalue weighted by molar-refractivity contribution is -0.0799. The van der Waals surface area contributed by atoms with Crippen LogP contribution in [0.2, 0.25) is 6.32 Å². The van der Waals surface area contributed by atoms with E-state index in [1.807, 2.05) is 27.7 Å². The molecule has 1 heterocycles. The molecular formula is C10H16BF3O2. The van der Waals surface area contributed by atoms with Gasteiger partial charge in [0.2, 0.25) is 0 Å². The Kier molecular flexibility index (Phi) is 3.46. The van der Waals surface area contributed by atoms with Crippen molar-refractivity contribution >= 4 is 7.12 Å². The second-order valence-electron chi connectivity index (χ2n) is 4.87. The van der Waals surface area contributed by atoms with Gasteiger partial charge < -0.3 is 9.31 Å². The van der Waals surface area contributed by atoms with E-state index in [4.69, 9.17) is 9.31 Å². The first-order valence-electron chi connectivity index (χ1n) is 5.14. The van der Waals surface area contributed by atoms with Crippen LogP contribution in [0, 0.1) is 0 Å². The standard InChI is InChI=1S/C10H16BF3O2/c1-8(2)9(3,4)16-11(15-8)7-5-6-10(12,13)14/h5-6H,7H2,1-4H3/b6-5-. The maximum Gasteiger partial charge on any atom is 0.461 e. The van der Waals surface area contributed by atoms with Crippen LogP contribution in [0.15, 0.2) is 12.2 Å². The maximum atomic E-state index is 11.9. The summed E-state index contributed by atoms with van der Waals surface area (Å²) in [5.74, 6) is 0. The number of alkyl halides is 3. The van der Waals surface area contributed by atoms with Crippen molar-refractivity contribution in [2.45, 2.75) is 51.4 Å². The van der Waals surface area contributed by atoms with Gasteiger partial charge in [-0.3, -0.25) is 0 Å². The van der Waals surface area contributed by atoms with Gasteiger partial charge in [-0.2, -0.15) is 13.2 Å². The van der Waals surface area contributed by atoms with Crippen molar-refractivity contribution in [2.75, 3.05) is 0 Å². The number of hydrogen-bond donors (Lipinski definition) is 0. The number of halogens is 3. The molecule has 0 N–H and O–H groups in total. The van der Waals surface area contributed by atoms with Gasteiger partial charge in [-0.1, -0.05) is 6.08 Å². The smallest absolute Gasteiger partial charge is 0.403 e. The van der Waals surface area contributed by atoms with E-state index >= 15 is 0 Å². The predicted molar refractivity (Wildman–Crippen MR) is 56.1 cm³/mol. The van der Waals surface area contributed by atoms with E-state index in [1.54, 1.807) is 0 Å². The molecule has 0 spiro atoms. The summed E-state index contributed by atoms with van der Waals surface area (Å²) < 4.78 is 46.7. The van der Waals surface area contributed by atoms with Gasteiger partial charge in [0.1, 0.15) is 0 Å². The summed E-state index contributed by atoms with van der Waals surface area (Å²) in [5, 5.41) is 0. The molecule has 0 aromatic heterocycles. The van der Waals surface area contributed by atoms with Gasteiger partial charge in [0.05, 0.1) is 11.2 Å². The molecule has 0 unspecified atom stereocenters. The third-order valence-corrected chi connectivity index (χ3v) is 2.94. The van der Waals surface area contributed by atoms with E-state index in [0.29, 0.717) is 0 Å². The van der Waals surface area contributed by atoms with Crippen LogP contribution in [0.25, 0.3) is 0 Å². The van der Waals surface area contributed by atoms with E-state index in [9.17, 15) is 13.2 Å². The van der Waals surface area contributed by atoms with Crippen LogP contribution in [0.4, 0.5) is 13.2 Å². The summed E-state index contributed by atoms with van der Waals surface area (Å²) in [6, 6.07) is 0. The molecule has 0 saturated carbocycles. The van der Waals surface area contributed by atoms with Crippen molar-refractivity contribution in [3.63, 3.8) is 0 Å². The Morgan fingerprint density at radius 1 is 1.06 bits per heavy atom. The van der Waals surface area contributed by atoms with Crippen LogP contribution < -0.4 is 0 Å². The second kappa shape index (κ2) is 4.07. The highest BCUT2D eigenvalue weighted by molar-refractivity contribution is 6.46. The Labute approximate surface area is 93.9 Å². The van der Waals surface area contributed by atoms with Crippen LogP contribution in [0.5, 0.6) is 0 Å². The van der Waals surface area contributed by atoms with Gasteiger partial charge in [0.25, 0.3) is 0 Å². The topological polar surface area (TPSA) is 18.5 Å². The lowest BCUT2D eigenvalue weighted by Gasteiger charge is -2.32. The lowest BCUT2D eigenvalue weighted by atomic mass is 9.85. The Morgan fingerprint density at radius 2 is 1.50 bits per heavy atom. The van der Waals surface area contributed by atoms with Crippen molar-refractivity contribution in [2.24, 2.45) is 0 Å². The Morgan fingerprint density at radius 3 is 1.88 bits per heavy atom. The summed E-state index contributed by atoms with van der Waals surface area (Å²) in [6.07, 6.45) is -2.93. The molecule has 92 valence electrons. The van der Waals surface area contributed by atoms with E-state index in [1.165, 1.54) is 0 Å². The van der Waals surface area contributed by atoms with Gasteiger partial charge in [-0.05, 0) is 27.7 Å². The molecule has 0 aromatic carbocycles. The predicted octanol–water partition coefficient (Wildman–Crippen LogP) is 3.20. The molecule has 1 aliphatic heterocycles. The van der Waals surface area contributed by atoms with Gasteiger partial charge in [-0.25, -0.2) is 0 Å². The first-order valence-corrected chi connectivity index (χ1v) is 5.14. The fourth-order valence-electron chi connectivity index (χ4n) is 1.37. The monoisotopic (exact) mass is 236 g/mol. The fourth-order valence-corrected chi connectivity index (χ4v) is 1.37. The van der Waals surface area contributed by atoms with E-state index in [-0.39, 0.29) is 12.4 Å². The number of rotatable bonds is 2. The lowest BCUT2D eigenvalue weighted by Crippen LogP contribution is -2.41. The highest BCUT2D eigenvalue weighted by atomic mass is 19.4. The van der Waals surface area contributed by atoms with Crippen molar-refractivity contribution < 1.29 is 22.5 Å². The van der Waals surface area contributed by atoms with Crippen LogP contribution in [0.1, 0.15) is 27.7 Å². The summed E-state index contributed by atoms with van der Waals surface area (Å²) in [6.45, 7) is 7.45. The fraction of sp³-hybridized carbons (Fsp3) is 0.800. The molecule has 0 aromatic rings. The molecule has 1 aliphatic rings. The third kappa shape index (κ3) is 3.25. The molecule has 0 radical (unpaired) electrons. The largest absolute Gasteiger partial charge is 0.461 e. The summed E-state index contributed by atoms with van der Waals surface area (Å²) in [5.41, 5.74) is -0.993. The first-order chi connectivity index (χ1) is 7.04. The van der Waals surface area contributed by atoms with Crippen LogP contribution in [-0.4, -0.2) is 24.5 Å². The molecule has 6 heteroatoms. The number of allylic oxidation sites excluding steroid dienone is 2. The van der Waals surface area contributed by atoms with E-state index < -0.39 is 24.5 Å². The zero-order valence-electron chi connectivity index (χ0n) is 9.89. The van der Waals surface area contributed by atoms with E-state index in [0.717, 1.165) is 6.08 Å². The normalized spacial score (nSPS) is 24.3. The zero-order chi connectivity index (χ0) is 12.6. The van der Waals surface area contributed by atoms with Crippen molar-refractivity contribution in [1.82, 2.24) is 0 Å². The molecule has 1 saturated heterocycles. The molecule has 0 aliphatic carbocycles. The highest BCUT2D eigenvalue weighted by Crippen LogP contribution is 2.37. The molecule has 16 heavy (non-hydrogen) atoms. The van der Waals surface area contributed by atoms with Crippen molar-refractivity contribution in [3.8, 4) is 0 Å². The first kappa shape index (κ1) is 13.6. The van der Waals surface area contributed by atoms with E-state index in [2.05, 4.69) is 0 Å². The Balaban J connectivity index is 2.52. The number of hydrogen-bond acceptors (Lipinski definition) is 2. The molecule has 1 rings (SSSR count). The van der Waals surface area contributed by atoms with Crippen LogP contribution >= 0.6 is 0 Å². The van der Waals surface area contributed by atoms with Gasteiger partial charge in [-0.15, -0.1) is 0 Å². The summed E-state index contributed by atoms with van der Waals surface area (Å²) in [7, 11) is -0.608. The summed E-state index contributed by atoms with van der Waals surface area (Å²) >= 11 is 0. The zero-order valence-corrected chi connectivity index (χ0v) is 9.89. The molecule has 0 amide bonds. The Bertz CT molecular complexity index is 268. The highest BCUT2D eigenvalue weighted by Gasteiger charge is 2.50. The van der Waals surface area contributed by atoms with Crippen molar-refractivity contribution in [1.29, 1.82) is 0 Å². The quantitative estimate of drug-likeness (QED) is 0.541. The average Bonchev–Trinajstić information content (AvgIpc) is 2.17.